The van der Waals surface area contributed by atoms with Gasteiger partial charge in [-0.2, -0.15) is 0 Å². The predicted molar refractivity (Wildman–Crippen MR) is 91.8 cm³/mol. The van der Waals surface area contributed by atoms with Crippen molar-refractivity contribution in [1.82, 2.24) is 0 Å². The largest absolute Gasteiger partial charge is 0.0835 e. The summed E-state index contributed by atoms with van der Waals surface area (Å²) in [7, 11) is 0. The van der Waals surface area contributed by atoms with Gasteiger partial charge >= 0.3 is 0 Å². The fourth-order valence-corrected chi connectivity index (χ4v) is 3.02. The number of alkyl halides is 1. The lowest BCUT2D eigenvalue weighted by molar-refractivity contribution is 0.862. The van der Waals surface area contributed by atoms with Crippen molar-refractivity contribution in [2.45, 2.75) is 44.9 Å². The number of hydrogen-bond acceptors (Lipinski definition) is 0. The number of rotatable bonds is 4. The third-order valence-corrected chi connectivity index (χ3v) is 4.80. The topological polar surface area (TPSA) is 0 Å². The molecule has 0 aromatic heterocycles. The van der Waals surface area contributed by atoms with Crippen LogP contribution in [0.15, 0.2) is 42.5 Å². The highest BCUT2D eigenvalue weighted by Gasteiger charge is 2.09. The van der Waals surface area contributed by atoms with Crippen molar-refractivity contribution in [1.29, 1.82) is 0 Å². The highest BCUT2D eigenvalue weighted by molar-refractivity contribution is 9.09. The van der Waals surface area contributed by atoms with Crippen molar-refractivity contribution in [3.05, 3.63) is 70.3 Å². The first kappa shape index (κ1) is 15.3. The quantitative estimate of drug-likeness (QED) is 0.593. The first-order valence-corrected chi connectivity index (χ1v) is 8.19. The SMILES string of the molecule is Cc1ccc(CC(Br)c2ccc(C(C)C)cc2)cc1C. The highest BCUT2D eigenvalue weighted by Crippen LogP contribution is 2.28. The van der Waals surface area contributed by atoms with Crippen LogP contribution in [0.25, 0.3) is 0 Å². The van der Waals surface area contributed by atoms with E-state index in [1.807, 2.05) is 0 Å². The Balaban J connectivity index is 2.10. The first-order chi connectivity index (χ1) is 9.47. The van der Waals surface area contributed by atoms with Crippen molar-refractivity contribution < 1.29 is 0 Å². The summed E-state index contributed by atoms with van der Waals surface area (Å²) in [6, 6.07) is 15.7. The summed E-state index contributed by atoms with van der Waals surface area (Å²) in [5.74, 6) is 0.595. The lowest BCUT2D eigenvalue weighted by atomic mass is 9.97. The number of halogens is 1. The zero-order valence-electron chi connectivity index (χ0n) is 12.8. The molecular weight excluding hydrogens is 308 g/mol. The summed E-state index contributed by atoms with van der Waals surface area (Å²) in [5, 5.41) is 0. The third-order valence-electron chi connectivity index (χ3n) is 3.95. The zero-order chi connectivity index (χ0) is 14.7. The van der Waals surface area contributed by atoms with E-state index in [1.165, 1.54) is 27.8 Å². The molecule has 0 spiro atoms. The van der Waals surface area contributed by atoms with Crippen molar-refractivity contribution in [3.63, 3.8) is 0 Å². The molecule has 0 aliphatic heterocycles. The summed E-state index contributed by atoms with van der Waals surface area (Å²) in [5.41, 5.74) is 6.88. The molecule has 106 valence electrons. The van der Waals surface area contributed by atoms with Gasteiger partial charge in [-0.25, -0.2) is 0 Å². The summed E-state index contributed by atoms with van der Waals surface area (Å²) in [6.45, 7) is 8.81. The molecule has 1 atom stereocenters. The normalized spacial score (nSPS) is 12.7. The second kappa shape index (κ2) is 6.58. The summed E-state index contributed by atoms with van der Waals surface area (Å²) >= 11 is 3.83. The van der Waals surface area contributed by atoms with Crippen LogP contribution in [-0.4, -0.2) is 0 Å². The molecule has 0 bridgehead atoms. The monoisotopic (exact) mass is 330 g/mol. The van der Waals surface area contributed by atoms with Gasteiger partial charge in [0.05, 0.1) is 0 Å². The Hall–Kier alpha value is -1.08. The molecule has 0 radical (unpaired) electrons. The van der Waals surface area contributed by atoms with Gasteiger partial charge in [-0.15, -0.1) is 0 Å². The van der Waals surface area contributed by atoms with Gasteiger partial charge in [0.1, 0.15) is 0 Å². The fraction of sp³-hybridized carbons (Fsp3) is 0.368. The second-order valence-electron chi connectivity index (χ2n) is 5.91. The molecule has 0 amide bonds. The maximum absolute atomic E-state index is 3.83. The fourth-order valence-electron chi connectivity index (χ4n) is 2.35. The van der Waals surface area contributed by atoms with Crippen LogP contribution in [0.4, 0.5) is 0 Å². The van der Waals surface area contributed by atoms with E-state index in [1.54, 1.807) is 0 Å². The van der Waals surface area contributed by atoms with Gasteiger partial charge in [-0.3, -0.25) is 0 Å². The molecule has 1 unspecified atom stereocenters. The molecule has 0 N–H and O–H groups in total. The van der Waals surface area contributed by atoms with Gasteiger partial charge in [-0.05, 0) is 54.0 Å². The number of aryl methyl sites for hydroxylation is 2. The van der Waals surface area contributed by atoms with E-state index >= 15 is 0 Å². The smallest absolute Gasteiger partial charge is 0.0435 e. The van der Waals surface area contributed by atoms with Crippen LogP contribution in [0.2, 0.25) is 0 Å². The molecule has 0 aliphatic rings. The Morgan fingerprint density at radius 3 is 2.00 bits per heavy atom. The van der Waals surface area contributed by atoms with E-state index in [0.29, 0.717) is 10.7 Å². The second-order valence-corrected chi connectivity index (χ2v) is 7.02. The Bertz CT molecular complexity index is 567. The van der Waals surface area contributed by atoms with E-state index in [0.717, 1.165) is 6.42 Å². The zero-order valence-corrected chi connectivity index (χ0v) is 14.4. The van der Waals surface area contributed by atoms with Crippen molar-refractivity contribution >= 4 is 15.9 Å². The molecule has 0 fully saturated rings. The minimum absolute atomic E-state index is 0.380. The Morgan fingerprint density at radius 2 is 1.45 bits per heavy atom. The van der Waals surface area contributed by atoms with Crippen LogP contribution in [0, 0.1) is 13.8 Å². The van der Waals surface area contributed by atoms with Crippen LogP contribution in [0.5, 0.6) is 0 Å². The standard InChI is InChI=1S/C19H23Br/c1-13(2)17-7-9-18(10-8-17)19(20)12-16-6-5-14(3)15(4)11-16/h5-11,13,19H,12H2,1-4H3. The summed E-state index contributed by atoms with van der Waals surface area (Å²) in [4.78, 5) is 0.380. The van der Waals surface area contributed by atoms with E-state index < -0.39 is 0 Å². The number of benzene rings is 2. The molecule has 2 aromatic carbocycles. The van der Waals surface area contributed by atoms with Gasteiger partial charge in [0.2, 0.25) is 0 Å². The molecular formula is C19H23Br. The average Bonchev–Trinajstić information content (AvgIpc) is 2.43. The van der Waals surface area contributed by atoms with Crippen LogP contribution in [-0.2, 0) is 6.42 Å². The van der Waals surface area contributed by atoms with E-state index in [9.17, 15) is 0 Å². The minimum Gasteiger partial charge on any atom is -0.0835 e. The molecule has 0 aliphatic carbocycles. The molecule has 1 heteroatoms. The summed E-state index contributed by atoms with van der Waals surface area (Å²) in [6.07, 6.45) is 1.03. The maximum atomic E-state index is 3.83. The van der Waals surface area contributed by atoms with Crippen molar-refractivity contribution in [2.24, 2.45) is 0 Å². The molecule has 20 heavy (non-hydrogen) atoms. The summed E-state index contributed by atoms with van der Waals surface area (Å²) < 4.78 is 0. The third kappa shape index (κ3) is 3.73. The molecule has 2 rings (SSSR count). The number of hydrogen-bond donors (Lipinski definition) is 0. The van der Waals surface area contributed by atoms with Crippen molar-refractivity contribution in [3.8, 4) is 0 Å². The van der Waals surface area contributed by atoms with Crippen LogP contribution >= 0.6 is 15.9 Å². The Labute approximate surface area is 131 Å². The van der Waals surface area contributed by atoms with E-state index in [-0.39, 0.29) is 0 Å². The minimum atomic E-state index is 0.380. The Morgan fingerprint density at radius 1 is 0.850 bits per heavy atom. The van der Waals surface area contributed by atoms with Gasteiger partial charge in [-0.1, -0.05) is 72.2 Å². The predicted octanol–water partition coefficient (Wildman–Crippen LogP) is 6.11. The molecule has 0 nitrogen and oxygen atoms in total. The van der Waals surface area contributed by atoms with Gasteiger partial charge < -0.3 is 0 Å². The molecule has 2 aromatic rings. The maximum Gasteiger partial charge on any atom is 0.0435 e. The lowest BCUT2D eigenvalue weighted by Gasteiger charge is -2.13. The molecule has 0 saturated heterocycles. The molecule has 0 saturated carbocycles. The van der Waals surface area contributed by atoms with Gasteiger partial charge in [0.15, 0.2) is 0 Å². The van der Waals surface area contributed by atoms with Crippen LogP contribution in [0.1, 0.15) is 52.4 Å². The highest BCUT2D eigenvalue weighted by atomic mass is 79.9. The van der Waals surface area contributed by atoms with Gasteiger partial charge in [0.25, 0.3) is 0 Å². The Kier molecular flexibility index (Phi) is 5.04. The van der Waals surface area contributed by atoms with Crippen molar-refractivity contribution in [2.75, 3.05) is 0 Å². The van der Waals surface area contributed by atoms with Crippen LogP contribution < -0.4 is 0 Å². The van der Waals surface area contributed by atoms with Gasteiger partial charge in [0, 0.05) is 4.83 Å². The lowest BCUT2D eigenvalue weighted by Crippen LogP contribution is -1.97. The van der Waals surface area contributed by atoms with E-state index in [4.69, 9.17) is 0 Å². The average molecular weight is 331 g/mol. The van der Waals surface area contributed by atoms with E-state index in [2.05, 4.69) is 86.1 Å². The van der Waals surface area contributed by atoms with Crippen LogP contribution in [0.3, 0.4) is 0 Å². The molecule has 0 heterocycles. The first-order valence-electron chi connectivity index (χ1n) is 7.27.